The zero-order valence-corrected chi connectivity index (χ0v) is 18.7. The fraction of sp³-hybridized carbons (Fsp3) is 0.421. The number of fused-ring (bicyclic) bond motifs is 1. The summed E-state index contributed by atoms with van der Waals surface area (Å²) < 4.78 is 43.9. The van der Waals surface area contributed by atoms with Crippen molar-refractivity contribution in [1.82, 2.24) is 20.6 Å². The number of guanidine groups is 1. The van der Waals surface area contributed by atoms with Crippen molar-refractivity contribution in [3.8, 4) is 5.75 Å². The predicted molar refractivity (Wildman–Crippen MR) is 119 cm³/mol. The summed E-state index contributed by atoms with van der Waals surface area (Å²) in [7, 11) is 0. The van der Waals surface area contributed by atoms with E-state index in [4.69, 9.17) is 4.74 Å². The zero-order valence-electron chi connectivity index (χ0n) is 16.4. The topological polar surface area (TPSA) is 83.5 Å². The van der Waals surface area contributed by atoms with Crippen LogP contribution < -0.4 is 20.7 Å². The van der Waals surface area contributed by atoms with Crippen LogP contribution in [0.15, 0.2) is 41.5 Å². The molecule has 1 aromatic heterocycles. The van der Waals surface area contributed by atoms with E-state index in [0.717, 1.165) is 24.4 Å². The van der Waals surface area contributed by atoms with Crippen LogP contribution in [0.5, 0.6) is 5.75 Å². The second-order valence-corrected chi connectivity index (χ2v) is 6.39. The first-order chi connectivity index (χ1) is 14.0. The van der Waals surface area contributed by atoms with Crippen LogP contribution in [0.3, 0.4) is 0 Å². The first-order valence-corrected chi connectivity index (χ1v) is 9.36. The van der Waals surface area contributed by atoms with E-state index in [0.29, 0.717) is 32.1 Å². The molecule has 0 radical (unpaired) electrons. The lowest BCUT2D eigenvalue weighted by molar-refractivity contribution is -0.141. The second kappa shape index (κ2) is 11.2. The predicted octanol–water partition coefficient (Wildman–Crippen LogP) is 3.08. The Balaban J connectivity index is 0.00000320. The molecule has 3 rings (SSSR count). The molecular formula is C19H24F3IN6O. The standard InChI is InChI=1S/C19H23F3N6O.HI/c1-2-23-17(27-12-14-11-13-5-3-4-6-15(13)29-14)25-9-10-26-18-24-8-7-16(28-18)19(20,21)22;/h3-8,14H,2,9-12H2,1H3,(H2,23,25,27)(H,24,26,28);1H. The van der Waals surface area contributed by atoms with Gasteiger partial charge in [0, 0.05) is 32.3 Å². The molecule has 30 heavy (non-hydrogen) atoms. The molecular weight excluding hydrogens is 512 g/mol. The van der Waals surface area contributed by atoms with Crippen LogP contribution in [-0.4, -0.2) is 48.2 Å². The van der Waals surface area contributed by atoms with E-state index in [9.17, 15) is 13.2 Å². The van der Waals surface area contributed by atoms with Crippen LogP contribution in [0, 0.1) is 0 Å². The number of nitrogens with one attached hydrogen (secondary N) is 3. The average molecular weight is 536 g/mol. The third kappa shape index (κ3) is 6.89. The molecule has 1 aliphatic heterocycles. The van der Waals surface area contributed by atoms with E-state index in [1.54, 1.807) is 0 Å². The SMILES string of the molecule is CCNC(=NCC1Cc2ccccc2O1)NCCNc1nccc(C(F)(F)F)n1.I. The summed E-state index contributed by atoms with van der Waals surface area (Å²) in [6.07, 6.45) is -2.62. The fourth-order valence-electron chi connectivity index (χ4n) is 2.85. The summed E-state index contributed by atoms with van der Waals surface area (Å²) in [6.45, 7) is 3.89. The Morgan fingerprint density at radius 1 is 1.20 bits per heavy atom. The minimum Gasteiger partial charge on any atom is -0.488 e. The number of hydrogen-bond donors (Lipinski definition) is 3. The van der Waals surface area contributed by atoms with Gasteiger partial charge in [-0.15, -0.1) is 24.0 Å². The van der Waals surface area contributed by atoms with E-state index < -0.39 is 11.9 Å². The van der Waals surface area contributed by atoms with Crippen LogP contribution in [-0.2, 0) is 12.6 Å². The van der Waals surface area contributed by atoms with Crippen molar-refractivity contribution >= 4 is 35.9 Å². The number of benzene rings is 1. The molecule has 11 heteroatoms. The molecule has 0 fully saturated rings. The first-order valence-electron chi connectivity index (χ1n) is 9.36. The highest BCUT2D eigenvalue weighted by Gasteiger charge is 2.32. The summed E-state index contributed by atoms with van der Waals surface area (Å²) in [5.74, 6) is 1.44. The Morgan fingerprint density at radius 2 is 2.00 bits per heavy atom. The number of rotatable bonds is 7. The summed E-state index contributed by atoms with van der Waals surface area (Å²) in [6, 6.07) is 8.76. The number of para-hydroxylation sites is 1. The van der Waals surface area contributed by atoms with Crippen LogP contribution in [0.4, 0.5) is 19.1 Å². The number of ether oxygens (including phenoxy) is 1. The lowest BCUT2D eigenvalue weighted by Gasteiger charge is -2.14. The molecule has 1 unspecified atom stereocenters. The fourth-order valence-corrected chi connectivity index (χ4v) is 2.85. The van der Waals surface area contributed by atoms with Gasteiger partial charge in [0.05, 0.1) is 6.54 Å². The molecule has 7 nitrogen and oxygen atoms in total. The molecule has 2 heterocycles. The van der Waals surface area contributed by atoms with Crippen molar-refractivity contribution in [3.63, 3.8) is 0 Å². The quantitative estimate of drug-likeness (QED) is 0.219. The molecule has 0 aliphatic carbocycles. The van der Waals surface area contributed by atoms with Gasteiger partial charge in [0.1, 0.15) is 17.5 Å². The van der Waals surface area contributed by atoms with Gasteiger partial charge in [0.25, 0.3) is 0 Å². The molecule has 0 bridgehead atoms. The van der Waals surface area contributed by atoms with Gasteiger partial charge < -0.3 is 20.7 Å². The van der Waals surface area contributed by atoms with Crippen molar-refractivity contribution in [2.45, 2.75) is 25.6 Å². The molecule has 1 aromatic carbocycles. The molecule has 164 valence electrons. The summed E-state index contributed by atoms with van der Waals surface area (Å²) in [5, 5.41) is 9.03. The zero-order chi connectivity index (χ0) is 20.7. The van der Waals surface area contributed by atoms with Gasteiger partial charge in [-0.05, 0) is 24.6 Å². The maximum atomic E-state index is 12.7. The van der Waals surface area contributed by atoms with Crippen molar-refractivity contribution in [3.05, 3.63) is 47.8 Å². The van der Waals surface area contributed by atoms with Crippen LogP contribution in [0.2, 0.25) is 0 Å². The van der Waals surface area contributed by atoms with E-state index >= 15 is 0 Å². The molecule has 1 aliphatic rings. The van der Waals surface area contributed by atoms with Crippen molar-refractivity contribution < 1.29 is 17.9 Å². The minimum atomic E-state index is -4.50. The van der Waals surface area contributed by atoms with E-state index in [1.165, 1.54) is 5.56 Å². The highest BCUT2D eigenvalue weighted by Crippen LogP contribution is 2.28. The summed E-state index contributed by atoms with van der Waals surface area (Å²) in [4.78, 5) is 11.8. The first kappa shape index (κ1) is 24.0. The van der Waals surface area contributed by atoms with Crippen LogP contribution in [0.25, 0.3) is 0 Å². The Labute approximate surface area is 190 Å². The minimum absolute atomic E-state index is 0. The molecule has 1 atom stereocenters. The molecule has 0 saturated heterocycles. The maximum absolute atomic E-state index is 12.7. The van der Waals surface area contributed by atoms with E-state index in [2.05, 4.69) is 30.9 Å². The van der Waals surface area contributed by atoms with Crippen molar-refractivity contribution in [2.24, 2.45) is 4.99 Å². The third-order valence-electron chi connectivity index (χ3n) is 4.16. The smallest absolute Gasteiger partial charge is 0.433 e. The number of aliphatic imine (C=N–C) groups is 1. The van der Waals surface area contributed by atoms with E-state index in [-0.39, 0.29) is 36.0 Å². The normalized spacial score (nSPS) is 15.6. The highest BCUT2D eigenvalue weighted by atomic mass is 127. The molecule has 0 saturated carbocycles. The number of aromatic nitrogens is 2. The second-order valence-electron chi connectivity index (χ2n) is 6.39. The molecule has 0 amide bonds. The lowest BCUT2D eigenvalue weighted by atomic mass is 10.1. The van der Waals surface area contributed by atoms with Gasteiger partial charge in [-0.2, -0.15) is 13.2 Å². The van der Waals surface area contributed by atoms with Gasteiger partial charge in [-0.25, -0.2) is 15.0 Å². The summed E-state index contributed by atoms with van der Waals surface area (Å²) >= 11 is 0. The molecule has 0 spiro atoms. The van der Waals surface area contributed by atoms with E-state index in [1.807, 2.05) is 31.2 Å². The van der Waals surface area contributed by atoms with Crippen LogP contribution in [0.1, 0.15) is 18.2 Å². The number of hydrogen-bond acceptors (Lipinski definition) is 5. The van der Waals surface area contributed by atoms with Crippen molar-refractivity contribution in [1.29, 1.82) is 0 Å². The maximum Gasteiger partial charge on any atom is 0.433 e. The molecule has 3 N–H and O–H groups in total. The summed E-state index contributed by atoms with van der Waals surface area (Å²) in [5.41, 5.74) is 0.200. The number of halogens is 4. The number of anilines is 1. The largest absolute Gasteiger partial charge is 0.488 e. The molecule has 2 aromatic rings. The van der Waals surface area contributed by atoms with Gasteiger partial charge in [-0.3, -0.25) is 0 Å². The Morgan fingerprint density at radius 3 is 2.73 bits per heavy atom. The lowest BCUT2D eigenvalue weighted by Crippen LogP contribution is -2.40. The van der Waals surface area contributed by atoms with Gasteiger partial charge in [0.15, 0.2) is 5.96 Å². The third-order valence-corrected chi connectivity index (χ3v) is 4.16. The highest BCUT2D eigenvalue weighted by molar-refractivity contribution is 14.0. The number of nitrogens with zero attached hydrogens (tertiary/aromatic N) is 3. The Hall–Kier alpha value is -2.31. The Bertz CT molecular complexity index is 824. The number of alkyl halides is 3. The van der Waals surface area contributed by atoms with Gasteiger partial charge in [-0.1, -0.05) is 18.2 Å². The van der Waals surface area contributed by atoms with Gasteiger partial charge >= 0.3 is 6.18 Å². The monoisotopic (exact) mass is 536 g/mol. The average Bonchev–Trinajstić information content (AvgIpc) is 3.12. The van der Waals surface area contributed by atoms with Crippen molar-refractivity contribution in [2.75, 3.05) is 31.5 Å². The Kier molecular flexibility index (Phi) is 8.93. The van der Waals surface area contributed by atoms with Crippen LogP contribution >= 0.6 is 24.0 Å². The van der Waals surface area contributed by atoms with Gasteiger partial charge in [0.2, 0.25) is 5.95 Å².